The Morgan fingerprint density at radius 1 is 1.03 bits per heavy atom. The number of benzene rings is 2. The van der Waals surface area contributed by atoms with Crippen molar-refractivity contribution in [3.63, 3.8) is 0 Å². The number of nitrogens with one attached hydrogen (secondary N) is 1. The third-order valence-corrected chi connectivity index (χ3v) is 4.86. The summed E-state index contributed by atoms with van der Waals surface area (Å²) in [6, 6.07) is 22.2. The molecule has 3 rings (SSSR count). The topological polar surface area (TPSA) is 141 Å². The third kappa shape index (κ3) is 9.73. The van der Waals surface area contributed by atoms with Gasteiger partial charge in [0.05, 0.1) is 11.8 Å². The number of pyridine rings is 1. The van der Waals surface area contributed by atoms with Gasteiger partial charge in [0.2, 0.25) is 0 Å². The summed E-state index contributed by atoms with van der Waals surface area (Å²) in [7, 11) is 0. The lowest BCUT2D eigenvalue weighted by atomic mass is 10.1. The minimum absolute atomic E-state index is 0.118. The quantitative estimate of drug-likeness (QED) is 0.191. The van der Waals surface area contributed by atoms with Gasteiger partial charge in [0.25, 0.3) is 5.91 Å². The molecular formula is C27H36N4O5. The molecule has 0 aliphatic carbocycles. The van der Waals surface area contributed by atoms with E-state index >= 15 is 0 Å². The highest BCUT2D eigenvalue weighted by molar-refractivity contribution is 5.67. The number of alkyl carbamates (subject to hydrolysis) is 1. The van der Waals surface area contributed by atoms with Crippen molar-refractivity contribution in [1.29, 1.82) is 0 Å². The second-order valence-corrected chi connectivity index (χ2v) is 9.27. The number of nitrogens with zero attached hydrogens (tertiary/aromatic N) is 2. The molecule has 0 bridgehead atoms. The van der Waals surface area contributed by atoms with Gasteiger partial charge in [0.1, 0.15) is 5.60 Å². The Kier molecular flexibility index (Phi) is 10.5. The van der Waals surface area contributed by atoms with E-state index in [0.29, 0.717) is 5.01 Å². The number of aromatic nitrogens is 1. The molecule has 1 unspecified atom stereocenters. The molecular weight excluding hydrogens is 460 g/mol. The van der Waals surface area contributed by atoms with Crippen LogP contribution in [0.3, 0.4) is 0 Å². The van der Waals surface area contributed by atoms with Gasteiger partial charge in [-0.3, -0.25) is 10.8 Å². The van der Waals surface area contributed by atoms with Crippen LogP contribution in [0.25, 0.3) is 11.3 Å². The lowest BCUT2D eigenvalue weighted by Gasteiger charge is -2.33. The van der Waals surface area contributed by atoms with Crippen LogP contribution in [0.1, 0.15) is 31.9 Å². The number of ether oxygens (including phenoxy) is 1. The summed E-state index contributed by atoms with van der Waals surface area (Å²) < 4.78 is 5.07. The molecule has 9 heteroatoms. The van der Waals surface area contributed by atoms with Crippen molar-refractivity contribution in [3.8, 4) is 11.3 Å². The molecule has 36 heavy (non-hydrogen) atoms. The zero-order valence-electron chi connectivity index (χ0n) is 21.1. The first-order valence-corrected chi connectivity index (χ1v) is 11.5. The molecule has 2 aromatic carbocycles. The highest BCUT2D eigenvalue weighted by atomic mass is 16.6. The first-order valence-electron chi connectivity index (χ1n) is 11.5. The Bertz CT molecular complexity index is 1060. The maximum atomic E-state index is 11.6. The lowest BCUT2D eigenvalue weighted by Crippen LogP contribution is -2.54. The summed E-state index contributed by atoms with van der Waals surface area (Å²) in [4.78, 5) is 15.9. The molecule has 0 radical (unpaired) electrons. The molecule has 6 N–H and O–H groups in total. The van der Waals surface area contributed by atoms with Gasteiger partial charge in [-0.25, -0.2) is 4.79 Å². The van der Waals surface area contributed by atoms with Gasteiger partial charge in [0.15, 0.2) is 0 Å². The Labute approximate surface area is 212 Å². The number of aliphatic hydroxyl groups is 3. The number of aliphatic hydroxyl groups excluding tert-OH is 1. The number of hydrogen-bond acceptors (Lipinski definition) is 8. The predicted octanol–water partition coefficient (Wildman–Crippen LogP) is 2.90. The number of carbonyl (C=O) groups excluding carboxylic acids is 1. The van der Waals surface area contributed by atoms with Crippen molar-refractivity contribution >= 4 is 6.09 Å². The maximum Gasteiger partial charge on any atom is 0.407 e. The van der Waals surface area contributed by atoms with E-state index in [-0.39, 0.29) is 18.7 Å². The van der Waals surface area contributed by atoms with Crippen LogP contribution in [0.5, 0.6) is 0 Å². The largest absolute Gasteiger partial charge is 0.444 e. The SMILES string of the molecule is CC(C)(C)OC(=O)NCC(O)CN(N)C(O)(O)c1ccc(-c2ccccn2)cc1.Cc1ccccc1. The van der Waals surface area contributed by atoms with Crippen LogP contribution in [0.4, 0.5) is 4.79 Å². The lowest BCUT2D eigenvalue weighted by molar-refractivity contribution is -0.281. The van der Waals surface area contributed by atoms with Crippen LogP contribution >= 0.6 is 0 Å². The standard InChI is InChI=1S/C20H28N4O5.C7H8/c1-19(2,3)29-18(26)23-12-16(25)13-24(21)20(27,28)15-9-7-14(8-10-15)17-6-4-5-11-22-17;1-7-5-3-2-4-6-7/h4-11,16,25,27-28H,12-13,21H2,1-3H3,(H,23,26);2-6H,1H3. The molecule has 0 aliphatic heterocycles. The Morgan fingerprint density at radius 3 is 2.14 bits per heavy atom. The first kappa shape index (κ1) is 28.9. The second-order valence-electron chi connectivity index (χ2n) is 9.27. The summed E-state index contributed by atoms with van der Waals surface area (Å²) in [5, 5.41) is 34.0. The van der Waals surface area contributed by atoms with Gasteiger partial charge < -0.3 is 25.4 Å². The van der Waals surface area contributed by atoms with Crippen molar-refractivity contribution in [1.82, 2.24) is 15.3 Å². The molecule has 1 aromatic heterocycles. The van der Waals surface area contributed by atoms with E-state index in [9.17, 15) is 20.1 Å². The normalized spacial score (nSPS) is 12.4. The van der Waals surface area contributed by atoms with Gasteiger partial charge in [0, 0.05) is 30.4 Å². The molecule has 3 aromatic rings. The Hall–Kier alpha value is -3.34. The molecule has 1 heterocycles. The Balaban J connectivity index is 0.000000558. The number of hydrazine groups is 1. The summed E-state index contributed by atoms with van der Waals surface area (Å²) in [6.45, 7) is 6.75. The van der Waals surface area contributed by atoms with Crippen molar-refractivity contribution in [2.75, 3.05) is 13.1 Å². The molecule has 9 nitrogen and oxygen atoms in total. The van der Waals surface area contributed by atoms with E-state index in [1.807, 2.05) is 30.3 Å². The van der Waals surface area contributed by atoms with Crippen LogP contribution in [0, 0.1) is 6.92 Å². The summed E-state index contributed by atoms with van der Waals surface area (Å²) in [5.41, 5.74) is 2.32. The highest BCUT2D eigenvalue weighted by Gasteiger charge is 2.33. The molecule has 0 aliphatic rings. The van der Waals surface area contributed by atoms with Crippen molar-refractivity contribution < 1.29 is 24.9 Å². The highest BCUT2D eigenvalue weighted by Crippen LogP contribution is 2.24. The van der Waals surface area contributed by atoms with Crippen molar-refractivity contribution in [3.05, 3.63) is 90.1 Å². The molecule has 194 valence electrons. The fourth-order valence-corrected chi connectivity index (χ4v) is 3.03. The fourth-order valence-electron chi connectivity index (χ4n) is 3.03. The number of carbonyl (C=O) groups is 1. The van der Waals surface area contributed by atoms with E-state index in [1.54, 1.807) is 45.2 Å². The van der Waals surface area contributed by atoms with E-state index in [0.717, 1.165) is 11.3 Å². The molecule has 1 atom stereocenters. The van der Waals surface area contributed by atoms with Crippen LogP contribution in [-0.4, -0.2) is 56.2 Å². The first-order chi connectivity index (χ1) is 16.9. The molecule has 0 saturated carbocycles. The molecule has 0 fully saturated rings. The molecule has 0 saturated heterocycles. The van der Waals surface area contributed by atoms with Crippen molar-refractivity contribution in [2.45, 2.75) is 45.3 Å². The average molecular weight is 497 g/mol. The number of aryl methyl sites for hydroxylation is 1. The third-order valence-electron chi connectivity index (χ3n) is 4.86. The van der Waals surface area contributed by atoms with E-state index in [2.05, 4.69) is 29.4 Å². The molecule has 1 amide bonds. The van der Waals surface area contributed by atoms with Gasteiger partial charge in [-0.2, -0.15) is 5.01 Å². The van der Waals surface area contributed by atoms with Gasteiger partial charge in [-0.05, 0) is 39.8 Å². The Morgan fingerprint density at radius 2 is 1.64 bits per heavy atom. The summed E-state index contributed by atoms with van der Waals surface area (Å²) >= 11 is 0. The number of rotatable bonds is 7. The van der Waals surface area contributed by atoms with Gasteiger partial charge in [-0.1, -0.05) is 66.2 Å². The van der Waals surface area contributed by atoms with Crippen molar-refractivity contribution in [2.24, 2.45) is 5.84 Å². The number of amides is 1. The van der Waals surface area contributed by atoms with Gasteiger partial charge in [-0.15, -0.1) is 0 Å². The average Bonchev–Trinajstić information content (AvgIpc) is 2.83. The monoisotopic (exact) mass is 496 g/mol. The van der Waals surface area contributed by atoms with Gasteiger partial charge >= 0.3 is 6.09 Å². The summed E-state index contributed by atoms with van der Waals surface area (Å²) in [5.74, 6) is 3.24. The minimum Gasteiger partial charge on any atom is -0.444 e. The molecule has 0 spiro atoms. The van der Waals surface area contributed by atoms with E-state index in [1.165, 1.54) is 17.7 Å². The van der Waals surface area contributed by atoms with Crippen LogP contribution in [-0.2, 0) is 10.6 Å². The van der Waals surface area contributed by atoms with Crippen LogP contribution in [0.15, 0.2) is 79.0 Å². The zero-order chi connectivity index (χ0) is 26.8. The van der Waals surface area contributed by atoms with Crippen LogP contribution in [0.2, 0.25) is 0 Å². The predicted molar refractivity (Wildman–Crippen MR) is 138 cm³/mol. The minimum atomic E-state index is -2.52. The zero-order valence-corrected chi connectivity index (χ0v) is 21.1. The fraction of sp³-hybridized carbons (Fsp3) is 0.333. The smallest absolute Gasteiger partial charge is 0.407 e. The second kappa shape index (κ2) is 13.1. The van der Waals surface area contributed by atoms with Crippen LogP contribution < -0.4 is 11.2 Å². The number of hydrogen-bond donors (Lipinski definition) is 5. The maximum absolute atomic E-state index is 11.6. The van der Waals surface area contributed by atoms with E-state index in [4.69, 9.17) is 10.6 Å². The number of nitrogens with two attached hydrogens (primary N) is 1. The summed E-state index contributed by atoms with van der Waals surface area (Å²) in [6.07, 6.45) is -0.177. The van der Waals surface area contributed by atoms with E-state index < -0.39 is 23.7 Å².